The Bertz CT molecular complexity index is 981. The third kappa shape index (κ3) is 2.94. The maximum absolute atomic E-state index is 6.10. The van der Waals surface area contributed by atoms with Gasteiger partial charge in [0.25, 0.3) is 0 Å². The lowest BCUT2D eigenvalue weighted by molar-refractivity contribution is 1.06. The molecule has 0 radical (unpaired) electrons. The Labute approximate surface area is 144 Å². The molecule has 118 valence electrons. The molecule has 3 heterocycles. The van der Waals surface area contributed by atoms with Gasteiger partial charge >= 0.3 is 0 Å². The second-order valence-electron chi connectivity index (χ2n) is 5.36. The molecule has 3 aromatic heterocycles. The Kier molecular flexibility index (Phi) is 3.84. The van der Waals surface area contributed by atoms with Crippen LogP contribution in [-0.2, 0) is 6.54 Å². The molecule has 0 amide bonds. The average molecular weight is 336 g/mol. The van der Waals surface area contributed by atoms with E-state index >= 15 is 0 Å². The monoisotopic (exact) mass is 335 g/mol. The van der Waals surface area contributed by atoms with E-state index < -0.39 is 0 Å². The van der Waals surface area contributed by atoms with Gasteiger partial charge in [0.2, 0.25) is 0 Å². The van der Waals surface area contributed by atoms with Crippen LogP contribution in [0.5, 0.6) is 0 Å². The molecule has 0 aliphatic carbocycles. The van der Waals surface area contributed by atoms with Gasteiger partial charge in [-0.1, -0.05) is 29.8 Å². The SMILES string of the molecule is Clc1cccc(-c2cn3ccnc3c(NCc3cccnc3)n2)c1. The molecule has 0 unspecified atom stereocenters. The summed E-state index contributed by atoms with van der Waals surface area (Å²) in [4.78, 5) is 13.2. The number of rotatable bonds is 4. The minimum absolute atomic E-state index is 0.627. The quantitative estimate of drug-likeness (QED) is 0.611. The van der Waals surface area contributed by atoms with E-state index in [9.17, 15) is 0 Å². The number of aromatic nitrogens is 4. The fourth-order valence-electron chi connectivity index (χ4n) is 2.53. The minimum atomic E-state index is 0.627. The van der Waals surface area contributed by atoms with E-state index in [1.807, 2.05) is 59.4 Å². The summed E-state index contributed by atoms with van der Waals surface area (Å²) < 4.78 is 1.95. The first-order valence-electron chi connectivity index (χ1n) is 7.52. The molecular formula is C18H14ClN5. The number of halogens is 1. The van der Waals surface area contributed by atoms with Crippen molar-refractivity contribution in [2.75, 3.05) is 5.32 Å². The van der Waals surface area contributed by atoms with Crippen LogP contribution in [0.4, 0.5) is 5.82 Å². The van der Waals surface area contributed by atoms with Crippen LogP contribution in [0.2, 0.25) is 5.02 Å². The Hall–Kier alpha value is -2.92. The van der Waals surface area contributed by atoms with E-state index in [2.05, 4.69) is 15.3 Å². The van der Waals surface area contributed by atoms with Crippen LogP contribution in [0.25, 0.3) is 16.9 Å². The van der Waals surface area contributed by atoms with Crippen molar-refractivity contribution in [3.8, 4) is 11.3 Å². The van der Waals surface area contributed by atoms with Gasteiger partial charge in [-0.3, -0.25) is 4.98 Å². The number of anilines is 1. The van der Waals surface area contributed by atoms with E-state index in [4.69, 9.17) is 16.6 Å². The molecule has 4 rings (SSSR count). The number of nitrogens with zero attached hydrogens (tertiary/aromatic N) is 4. The summed E-state index contributed by atoms with van der Waals surface area (Å²) in [5.74, 6) is 0.723. The summed E-state index contributed by atoms with van der Waals surface area (Å²) in [6.07, 6.45) is 9.20. The molecule has 1 aromatic carbocycles. The molecular weight excluding hydrogens is 322 g/mol. The molecule has 0 saturated heterocycles. The highest BCUT2D eigenvalue weighted by Crippen LogP contribution is 2.24. The molecule has 6 heteroatoms. The van der Waals surface area contributed by atoms with Gasteiger partial charge < -0.3 is 9.72 Å². The first-order chi connectivity index (χ1) is 11.8. The second kappa shape index (κ2) is 6.29. The summed E-state index contributed by atoms with van der Waals surface area (Å²) in [6, 6.07) is 11.6. The first-order valence-corrected chi connectivity index (χ1v) is 7.90. The Morgan fingerprint density at radius 1 is 1.12 bits per heavy atom. The van der Waals surface area contributed by atoms with Crippen LogP contribution in [0.15, 0.2) is 67.4 Å². The maximum Gasteiger partial charge on any atom is 0.180 e. The van der Waals surface area contributed by atoms with E-state index in [-0.39, 0.29) is 0 Å². The Morgan fingerprint density at radius 2 is 2.08 bits per heavy atom. The van der Waals surface area contributed by atoms with Crippen molar-refractivity contribution in [1.82, 2.24) is 19.4 Å². The molecule has 0 saturated carbocycles. The van der Waals surface area contributed by atoms with Crippen LogP contribution in [0, 0.1) is 0 Å². The minimum Gasteiger partial charge on any atom is -0.363 e. The van der Waals surface area contributed by atoms with E-state index in [1.165, 1.54) is 0 Å². The fraction of sp³-hybridized carbons (Fsp3) is 0.0556. The van der Waals surface area contributed by atoms with Gasteiger partial charge in [0.15, 0.2) is 11.5 Å². The van der Waals surface area contributed by atoms with Crippen molar-refractivity contribution >= 4 is 23.1 Å². The lowest BCUT2D eigenvalue weighted by Crippen LogP contribution is -2.05. The third-order valence-corrected chi connectivity index (χ3v) is 3.91. The van der Waals surface area contributed by atoms with Gasteiger partial charge in [-0.15, -0.1) is 0 Å². The number of pyridine rings is 1. The predicted molar refractivity (Wildman–Crippen MR) is 95.0 cm³/mol. The number of hydrogen-bond acceptors (Lipinski definition) is 4. The highest BCUT2D eigenvalue weighted by atomic mass is 35.5. The van der Waals surface area contributed by atoms with Crippen molar-refractivity contribution < 1.29 is 0 Å². The molecule has 0 aliphatic heterocycles. The summed E-state index contributed by atoms with van der Waals surface area (Å²) >= 11 is 6.10. The second-order valence-corrected chi connectivity index (χ2v) is 5.79. The standard InChI is InChI=1S/C18H14ClN5/c19-15-5-1-4-14(9-15)16-12-24-8-7-21-18(24)17(23-16)22-11-13-3-2-6-20-10-13/h1-10,12H,11H2,(H,22,23). The largest absolute Gasteiger partial charge is 0.363 e. The molecule has 0 fully saturated rings. The number of nitrogens with one attached hydrogen (secondary N) is 1. The Balaban J connectivity index is 1.72. The van der Waals surface area contributed by atoms with Gasteiger partial charge in [-0.25, -0.2) is 9.97 Å². The molecule has 5 nitrogen and oxygen atoms in total. The predicted octanol–water partition coefficient (Wildman–Crippen LogP) is 4.06. The van der Waals surface area contributed by atoms with Gasteiger partial charge in [0.05, 0.1) is 5.69 Å². The number of imidazole rings is 1. The fourth-order valence-corrected chi connectivity index (χ4v) is 2.72. The highest BCUT2D eigenvalue weighted by Gasteiger charge is 2.09. The number of fused-ring (bicyclic) bond motifs is 1. The molecule has 0 bridgehead atoms. The smallest absolute Gasteiger partial charge is 0.180 e. The van der Waals surface area contributed by atoms with Crippen LogP contribution in [0.1, 0.15) is 5.56 Å². The zero-order chi connectivity index (χ0) is 16.4. The van der Waals surface area contributed by atoms with E-state index in [0.717, 1.165) is 28.3 Å². The molecule has 1 N–H and O–H groups in total. The van der Waals surface area contributed by atoms with Crippen molar-refractivity contribution in [2.24, 2.45) is 0 Å². The summed E-state index contributed by atoms with van der Waals surface area (Å²) in [5.41, 5.74) is 3.65. The van der Waals surface area contributed by atoms with Crippen molar-refractivity contribution in [3.05, 3.63) is 78.0 Å². The molecule has 0 aliphatic rings. The number of benzene rings is 1. The lowest BCUT2D eigenvalue weighted by atomic mass is 10.1. The van der Waals surface area contributed by atoms with Crippen molar-refractivity contribution in [1.29, 1.82) is 0 Å². The van der Waals surface area contributed by atoms with Gasteiger partial charge in [0, 0.05) is 48.1 Å². The lowest BCUT2D eigenvalue weighted by Gasteiger charge is -2.10. The normalized spacial score (nSPS) is 10.9. The van der Waals surface area contributed by atoms with Gasteiger partial charge in [0.1, 0.15) is 0 Å². The number of hydrogen-bond donors (Lipinski definition) is 1. The summed E-state index contributed by atoms with van der Waals surface area (Å²) in [5, 5.41) is 4.03. The molecule has 4 aromatic rings. The van der Waals surface area contributed by atoms with Crippen molar-refractivity contribution in [2.45, 2.75) is 6.54 Å². The van der Waals surface area contributed by atoms with Gasteiger partial charge in [-0.05, 0) is 23.8 Å². The van der Waals surface area contributed by atoms with Crippen LogP contribution in [-0.4, -0.2) is 19.4 Å². The maximum atomic E-state index is 6.10. The molecule has 0 spiro atoms. The first kappa shape index (κ1) is 14.7. The summed E-state index contributed by atoms with van der Waals surface area (Å²) in [7, 11) is 0. The van der Waals surface area contributed by atoms with Crippen LogP contribution < -0.4 is 5.32 Å². The van der Waals surface area contributed by atoms with Gasteiger partial charge in [-0.2, -0.15) is 0 Å². The zero-order valence-electron chi connectivity index (χ0n) is 12.7. The third-order valence-electron chi connectivity index (χ3n) is 3.68. The van der Waals surface area contributed by atoms with Crippen molar-refractivity contribution in [3.63, 3.8) is 0 Å². The molecule has 24 heavy (non-hydrogen) atoms. The van der Waals surface area contributed by atoms with E-state index in [1.54, 1.807) is 12.4 Å². The zero-order valence-corrected chi connectivity index (χ0v) is 13.5. The van der Waals surface area contributed by atoms with E-state index in [0.29, 0.717) is 11.6 Å². The van der Waals surface area contributed by atoms with Crippen LogP contribution in [0.3, 0.4) is 0 Å². The highest BCUT2D eigenvalue weighted by molar-refractivity contribution is 6.30. The summed E-state index contributed by atoms with van der Waals surface area (Å²) in [6.45, 7) is 0.627. The molecule has 0 atom stereocenters. The Morgan fingerprint density at radius 3 is 2.92 bits per heavy atom. The average Bonchev–Trinajstić information content (AvgIpc) is 3.09. The topological polar surface area (TPSA) is 55.1 Å². The van der Waals surface area contributed by atoms with Crippen LogP contribution >= 0.6 is 11.6 Å².